The third-order valence-electron chi connectivity index (χ3n) is 3.40. The Labute approximate surface area is 122 Å². The number of hydrogen-bond donors (Lipinski definition) is 2. The standard InChI is InChI=1S/C15H20F2N2O2/c1-10(7-12-13(16)3-2-4-14(12)17)19-15(20)8-11-9-18-5-6-21-11/h2-4,10-11,18H,5-9H2,1H3,(H,19,20). The van der Waals surface area contributed by atoms with Crippen LogP contribution < -0.4 is 10.6 Å². The fraction of sp³-hybridized carbons (Fsp3) is 0.533. The van der Waals surface area contributed by atoms with Crippen LogP contribution >= 0.6 is 0 Å². The summed E-state index contributed by atoms with van der Waals surface area (Å²) in [6.45, 7) is 3.75. The van der Waals surface area contributed by atoms with Crippen molar-refractivity contribution in [3.8, 4) is 0 Å². The van der Waals surface area contributed by atoms with Gasteiger partial charge < -0.3 is 15.4 Å². The van der Waals surface area contributed by atoms with Gasteiger partial charge in [0.25, 0.3) is 0 Å². The Morgan fingerprint density at radius 1 is 1.48 bits per heavy atom. The first kappa shape index (κ1) is 15.9. The zero-order chi connectivity index (χ0) is 15.2. The van der Waals surface area contributed by atoms with Gasteiger partial charge in [0.05, 0.1) is 19.1 Å². The summed E-state index contributed by atoms with van der Waals surface area (Å²) in [5.41, 5.74) is 0.000818. The first-order valence-electron chi connectivity index (χ1n) is 7.11. The van der Waals surface area contributed by atoms with Gasteiger partial charge >= 0.3 is 0 Å². The van der Waals surface area contributed by atoms with Crippen molar-refractivity contribution in [2.45, 2.75) is 31.9 Å². The lowest BCUT2D eigenvalue weighted by atomic mass is 10.1. The molecule has 2 rings (SSSR count). The maximum atomic E-state index is 13.5. The molecular weight excluding hydrogens is 278 g/mol. The van der Waals surface area contributed by atoms with Crippen LogP contribution in [0.1, 0.15) is 18.9 Å². The molecular formula is C15H20F2N2O2. The lowest BCUT2D eigenvalue weighted by molar-refractivity contribution is -0.125. The van der Waals surface area contributed by atoms with E-state index in [1.807, 2.05) is 0 Å². The zero-order valence-corrected chi connectivity index (χ0v) is 12.0. The number of hydrogen-bond acceptors (Lipinski definition) is 3. The number of carbonyl (C=O) groups excluding carboxylic acids is 1. The van der Waals surface area contributed by atoms with Crippen LogP contribution in [0.4, 0.5) is 8.78 Å². The van der Waals surface area contributed by atoms with Crippen molar-refractivity contribution in [3.63, 3.8) is 0 Å². The number of benzene rings is 1. The van der Waals surface area contributed by atoms with E-state index in [2.05, 4.69) is 10.6 Å². The second kappa shape index (κ2) is 7.47. The Hall–Kier alpha value is -1.53. The van der Waals surface area contributed by atoms with E-state index in [1.54, 1.807) is 6.92 Å². The number of halogens is 2. The van der Waals surface area contributed by atoms with Crippen molar-refractivity contribution in [1.29, 1.82) is 0 Å². The Kier molecular flexibility index (Phi) is 5.64. The van der Waals surface area contributed by atoms with E-state index in [0.717, 1.165) is 6.54 Å². The van der Waals surface area contributed by atoms with E-state index < -0.39 is 11.6 Å². The van der Waals surface area contributed by atoms with Crippen molar-refractivity contribution in [2.75, 3.05) is 19.7 Å². The highest BCUT2D eigenvalue weighted by Crippen LogP contribution is 2.14. The van der Waals surface area contributed by atoms with Crippen LogP contribution in [0.5, 0.6) is 0 Å². The summed E-state index contributed by atoms with van der Waals surface area (Å²) >= 11 is 0. The molecule has 0 bridgehead atoms. The Morgan fingerprint density at radius 3 is 2.81 bits per heavy atom. The molecule has 0 spiro atoms. The fourth-order valence-corrected chi connectivity index (χ4v) is 2.38. The van der Waals surface area contributed by atoms with E-state index in [4.69, 9.17) is 4.74 Å². The summed E-state index contributed by atoms with van der Waals surface area (Å²) in [6.07, 6.45) is 0.224. The number of nitrogens with one attached hydrogen (secondary N) is 2. The zero-order valence-electron chi connectivity index (χ0n) is 12.0. The van der Waals surface area contributed by atoms with Crippen LogP contribution in [-0.4, -0.2) is 37.7 Å². The first-order valence-corrected chi connectivity index (χ1v) is 7.11. The van der Waals surface area contributed by atoms with Crippen LogP contribution in [0.2, 0.25) is 0 Å². The van der Waals surface area contributed by atoms with Crippen LogP contribution in [0, 0.1) is 11.6 Å². The van der Waals surface area contributed by atoms with Crippen molar-refractivity contribution in [2.24, 2.45) is 0 Å². The summed E-state index contributed by atoms with van der Waals surface area (Å²) in [6, 6.07) is 3.41. The van der Waals surface area contributed by atoms with Crippen LogP contribution in [0.25, 0.3) is 0 Å². The molecule has 116 valence electrons. The minimum atomic E-state index is -0.587. The molecule has 0 aliphatic carbocycles. The molecule has 1 aromatic carbocycles. The molecule has 1 saturated heterocycles. The summed E-state index contributed by atoms with van der Waals surface area (Å²) in [5.74, 6) is -1.35. The van der Waals surface area contributed by atoms with Crippen molar-refractivity contribution in [3.05, 3.63) is 35.4 Å². The Morgan fingerprint density at radius 2 is 2.19 bits per heavy atom. The molecule has 1 heterocycles. The fourth-order valence-electron chi connectivity index (χ4n) is 2.38. The maximum Gasteiger partial charge on any atom is 0.222 e. The summed E-state index contributed by atoms with van der Waals surface area (Å²) < 4.78 is 32.5. The molecule has 2 unspecified atom stereocenters. The number of rotatable bonds is 5. The summed E-state index contributed by atoms with van der Waals surface area (Å²) in [7, 11) is 0. The van der Waals surface area contributed by atoms with E-state index in [1.165, 1.54) is 18.2 Å². The highest BCUT2D eigenvalue weighted by atomic mass is 19.1. The third-order valence-corrected chi connectivity index (χ3v) is 3.40. The molecule has 1 aliphatic heterocycles. The SMILES string of the molecule is CC(Cc1c(F)cccc1F)NC(=O)CC1CNCCO1. The highest BCUT2D eigenvalue weighted by molar-refractivity contribution is 5.76. The van der Waals surface area contributed by atoms with Crippen LogP contribution in [-0.2, 0) is 16.0 Å². The van der Waals surface area contributed by atoms with Gasteiger partial charge in [-0.15, -0.1) is 0 Å². The quantitative estimate of drug-likeness (QED) is 0.864. The molecule has 1 aliphatic rings. The molecule has 1 fully saturated rings. The minimum absolute atomic E-state index is 0.000818. The monoisotopic (exact) mass is 298 g/mol. The molecule has 0 saturated carbocycles. The molecule has 0 aromatic heterocycles. The highest BCUT2D eigenvalue weighted by Gasteiger charge is 2.19. The first-order chi connectivity index (χ1) is 10.1. The Balaban J connectivity index is 1.83. The van der Waals surface area contributed by atoms with E-state index in [-0.39, 0.29) is 36.5 Å². The lowest BCUT2D eigenvalue weighted by Crippen LogP contribution is -2.43. The molecule has 4 nitrogen and oxygen atoms in total. The largest absolute Gasteiger partial charge is 0.375 e. The predicted molar refractivity (Wildman–Crippen MR) is 74.9 cm³/mol. The smallest absolute Gasteiger partial charge is 0.222 e. The van der Waals surface area contributed by atoms with Gasteiger partial charge in [0.2, 0.25) is 5.91 Å². The van der Waals surface area contributed by atoms with Crippen molar-refractivity contribution in [1.82, 2.24) is 10.6 Å². The average molecular weight is 298 g/mol. The van der Waals surface area contributed by atoms with E-state index in [0.29, 0.717) is 13.2 Å². The third kappa shape index (κ3) is 4.75. The van der Waals surface area contributed by atoms with E-state index in [9.17, 15) is 13.6 Å². The molecule has 0 radical (unpaired) electrons. The van der Waals surface area contributed by atoms with Gasteiger partial charge in [-0.25, -0.2) is 8.78 Å². The molecule has 21 heavy (non-hydrogen) atoms. The van der Waals surface area contributed by atoms with Crippen LogP contribution in [0.15, 0.2) is 18.2 Å². The van der Waals surface area contributed by atoms with Crippen molar-refractivity contribution < 1.29 is 18.3 Å². The molecule has 1 aromatic rings. The van der Waals surface area contributed by atoms with E-state index >= 15 is 0 Å². The average Bonchev–Trinajstić information content (AvgIpc) is 2.44. The molecule has 6 heteroatoms. The van der Waals surface area contributed by atoms with Gasteiger partial charge in [0.15, 0.2) is 0 Å². The van der Waals surface area contributed by atoms with Crippen LogP contribution in [0.3, 0.4) is 0 Å². The minimum Gasteiger partial charge on any atom is -0.375 e. The normalized spacial score (nSPS) is 20.0. The predicted octanol–water partition coefficient (Wildman–Crippen LogP) is 1.39. The second-order valence-electron chi connectivity index (χ2n) is 5.27. The van der Waals surface area contributed by atoms with Gasteiger partial charge in [0, 0.05) is 24.7 Å². The van der Waals surface area contributed by atoms with Gasteiger partial charge in [-0.1, -0.05) is 6.07 Å². The number of morpholine rings is 1. The lowest BCUT2D eigenvalue weighted by Gasteiger charge is -2.24. The molecule has 1 amide bonds. The molecule has 2 atom stereocenters. The maximum absolute atomic E-state index is 13.5. The topological polar surface area (TPSA) is 50.4 Å². The van der Waals surface area contributed by atoms with Gasteiger partial charge in [-0.2, -0.15) is 0 Å². The second-order valence-corrected chi connectivity index (χ2v) is 5.27. The number of ether oxygens (including phenoxy) is 1. The summed E-state index contributed by atoms with van der Waals surface area (Å²) in [5, 5.41) is 5.89. The molecule has 2 N–H and O–H groups in total. The number of amides is 1. The van der Waals surface area contributed by atoms with Gasteiger partial charge in [-0.3, -0.25) is 4.79 Å². The van der Waals surface area contributed by atoms with Gasteiger partial charge in [0.1, 0.15) is 11.6 Å². The van der Waals surface area contributed by atoms with Gasteiger partial charge in [-0.05, 0) is 25.5 Å². The van der Waals surface area contributed by atoms with Crippen molar-refractivity contribution >= 4 is 5.91 Å². The Bertz CT molecular complexity index is 470. The summed E-state index contributed by atoms with van der Waals surface area (Å²) in [4.78, 5) is 11.9. The number of carbonyl (C=O) groups is 1.